The zero-order valence-corrected chi connectivity index (χ0v) is 12.9. The van der Waals surface area contributed by atoms with Crippen molar-refractivity contribution in [3.05, 3.63) is 12.7 Å². The summed E-state index contributed by atoms with van der Waals surface area (Å²) in [6, 6.07) is 0. The van der Waals surface area contributed by atoms with Crippen molar-refractivity contribution in [2.45, 2.75) is 52.2 Å². The minimum absolute atomic E-state index is 0.0309. The zero-order valence-electron chi connectivity index (χ0n) is 12.9. The number of carbonyl (C=O) groups excluding carboxylic acids is 2. The second-order valence-corrected chi connectivity index (χ2v) is 5.80. The summed E-state index contributed by atoms with van der Waals surface area (Å²) in [5, 5.41) is 0. The summed E-state index contributed by atoms with van der Waals surface area (Å²) in [4.78, 5) is 32.8. The molecule has 20 heavy (non-hydrogen) atoms. The molecule has 0 fully saturated rings. The Morgan fingerprint density at radius 2 is 1.70 bits per heavy atom. The van der Waals surface area contributed by atoms with Crippen LogP contribution in [0.1, 0.15) is 41.0 Å². The molecule has 0 unspecified atom stereocenters. The number of carbonyl (C=O) groups is 2. The number of hydrogen-bond acceptors (Lipinski definition) is 6. The lowest BCUT2D eigenvalue weighted by molar-refractivity contribution is -0.351. The minimum atomic E-state index is -1.04. The van der Waals surface area contributed by atoms with E-state index in [9.17, 15) is 9.59 Å². The van der Waals surface area contributed by atoms with Crippen LogP contribution in [0.3, 0.4) is 0 Å². The maximum Gasteiger partial charge on any atom is 0.418 e. The van der Waals surface area contributed by atoms with Crippen LogP contribution in [0.2, 0.25) is 0 Å². The van der Waals surface area contributed by atoms with Gasteiger partial charge in [-0.25, -0.2) is 19.4 Å². The van der Waals surface area contributed by atoms with E-state index in [-0.39, 0.29) is 13.2 Å². The summed E-state index contributed by atoms with van der Waals surface area (Å²) in [6.07, 6.45) is 1.75. The Kier molecular flexibility index (Phi) is 7.45. The van der Waals surface area contributed by atoms with E-state index in [2.05, 4.69) is 11.3 Å². The first-order valence-corrected chi connectivity index (χ1v) is 6.39. The van der Waals surface area contributed by atoms with Gasteiger partial charge in [-0.3, -0.25) is 0 Å². The second kappa shape index (κ2) is 8.01. The van der Waals surface area contributed by atoms with Crippen molar-refractivity contribution in [2.75, 3.05) is 13.2 Å². The third kappa shape index (κ3) is 9.52. The Morgan fingerprint density at radius 3 is 2.20 bits per heavy atom. The molecule has 6 nitrogen and oxygen atoms in total. The first-order valence-electron chi connectivity index (χ1n) is 6.39. The molecular formula is C14H24O6. The van der Waals surface area contributed by atoms with Crippen LogP contribution in [0.5, 0.6) is 0 Å². The van der Waals surface area contributed by atoms with Crippen molar-refractivity contribution < 1.29 is 28.8 Å². The summed E-state index contributed by atoms with van der Waals surface area (Å²) in [7, 11) is 0. The predicted molar refractivity (Wildman–Crippen MR) is 72.7 cm³/mol. The van der Waals surface area contributed by atoms with Gasteiger partial charge in [0.1, 0.15) is 12.2 Å². The summed E-state index contributed by atoms with van der Waals surface area (Å²) in [5.74, 6) is -2.07. The lowest BCUT2D eigenvalue weighted by Crippen LogP contribution is -2.34. The third-order valence-electron chi connectivity index (χ3n) is 1.96. The molecule has 0 aliphatic heterocycles. The average Bonchev–Trinajstić information content (AvgIpc) is 2.30. The Hall–Kier alpha value is -1.40. The van der Waals surface area contributed by atoms with E-state index in [0.717, 1.165) is 0 Å². The quantitative estimate of drug-likeness (QED) is 0.178. The smallest absolute Gasteiger partial charge is 0.418 e. The molecule has 0 aliphatic rings. The van der Waals surface area contributed by atoms with Crippen LogP contribution >= 0.6 is 0 Å². The van der Waals surface area contributed by atoms with Gasteiger partial charge in [-0.1, -0.05) is 12.7 Å². The van der Waals surface area contributed by atoms with E-state index in [0.29, 0.717) is 6.42 Å². The van der Waals surface area contributed by atoms with E-state index in [4.69, 9.17) is 14.5 Å². The van der Waals surface area contributed by atoms with Crippen molar-refractivity contribution in [1.82, 2.24) is 0 Å². The first-order chi connectivity index (χ1) is 9.07. The molecule has 0 saturated heterocycles. The lowest BCUT2D eigenvalue weighted by Gasteiger charge is -2.25. The fourth-order valence-corrected chi connectivity index (χ4v) is 1.04. The van der Waals surface area contributed by atoms with Gasteiger partial charge in [-0.05, 0) is 34.6 Å². The molecule has 0 N–H and O–H groups in total. The summed E-state index contributed by atoms with van der Waals surface area (Å²) in [5.41, 5.74) is -1.26. The molecule has 0 aliphatic carbocycles. The van der Waals surface area contributed by atoms with Gasteiger partial charge in [0.25, 0.3) is 0 Å². The Balaban J connectivity index is 4.08. The van der Waals surface area contributed by atoms with E-state index in [1.165, 1.54) is 6.08 Å². The number of esters is 2. The van der Waals surface area contributed by atoms with Crippen LogP contribution < -0.4 is 0 Å². The van der Waals surface area contributed by atoms with Gasteiger partial charge >= 0.3 is 11.9 Å². The molecular weight excluding hydrogens is 264 g/mol. The second-order valence-electron chi connectivity index (χ2n) is 5.80. The van der Waals surface area contributed by atoms with Crippen molar-refractivity contribution in [3.63, 3.8) is 0 Å². The largest absolute Gasteiger partial charge is 0.453 e. The SMILES string of the molecule is C=CCOC(=O)C(=O)OC(C)(C)CCOOC(C)(C)C. The molecule has 0 aromatic heterocycles. The maximum absolute atomic E-state index is 11.5. The molecule has 0 heterocycles. The van der Waals surface area contributed by atoms with Gasteiger partial charge in [-0.2, -0.15) is 0 Å². The van der Waals surface area contributed by atoms with Gasteiger partial charge < -0.3 is 9.47 Å². The lowest BCUT2D eigenvalue weighted by atomic mass is 10.1. The number of hydrogen-bond donors (Lipinski definition) is 0. The molecule has 0 aromatic carbocycles. The highest BCUT2D eigenvalue weighted by molar-refractivity contribution is 6.29. The standard InChI is InChI=1S/C14H24O6/c1-7-9-17-11(15)12(16)19-14(5,6)8-10-18-20-13(2,3)4/h7H,1,8-10H2,2-6H3. The van der Waals surface area contributed by atoms with Gasteiger partial charge in [0, 0.05) is 6.42 Å². The van der Waals surface area contributed by atoms with Crippen LogP contribution in [0.4, 0.5) is 0 Å². The normalized spacial score (nSPS) is 11.8. The minimum Gasteiger partial charge on any atom is -0.453 e. The highest BCUT2D eigenvalue weighted by Gasteiger charge is 2.28. The first kappa shape index (κ1) is 18.6. The monoisotopic (exact) mass is 288 g/mol. The Bertz CT molecular complexity index is 340. The molecule has 6 heteroatoms. The van der Waals surface area contributed by atoms with E-state index >= 15 is 0 Å². The summed E-state index contributed by atoms with van der Waals surface area (Å²) >= 11 is 0. The van der Waals surface area contributed by atoms with Gasteiger partial charge in [0.2, 0.25) is 0 Å². The van der Waals surface area contributed by atoms with Crippen LogP contribution in [-0.2, 0) is 28.8 Å². The molecule has 0 bridgehead atoms. The molecule has 116 valence electrons. The zero-order chi connectivity index (χ0) is 15.8. The Morgan fingerprint density at radius 1 is 1.10 bits per heavy atom. The van der Waals surface area contributed by atoms with E-state index in [1.807, 2.05) is 20.8 Å². The van der Waals surface area contributed by atoms with Crippen molar-refractivity contribution in [3.8, 4) is 0 Å². The molecule has 0 atom stereocenters. The van der Waals surface area contributed by atoms with Crippen LogP contribution in [-0.4, -0.2) is 36.4 Å². The fourth-order valence-electron chi connectivity index (χ4n) is 1.04. The summed E-state index contributed by atoms with van der Waals surface area (Å²) in [6.45, 7) is 12.5. The van der Waals surface area contributed by atoms with E-state index < -0.39 is 23.1 Å². The van der Waals surface area contributed by atoms with E-state index in [1.54, 1.807) is 13.8 Å². The molecule has 0 saturated carbocycles. The third-order valence-corrected chi connectivity index (χ3v) is 1.96. The van der Waals surface area contributed by atoms with Crippen LogP contribution in [0.15, 0.2) is 12.7 Å². The van der Waals surface area contributed by atoms with Crippen molar-refractivity contribution in [1.29, 1.82) is 0 Å². The van der Waals surface area contributed by atoms with Gasteiger partial charge in [0.15, 0.2) is 0 Å². The number of ether oxygens (including phenoxy) is 2. The summed E-state index contributed by atoms with van der Waals surface area (Å²) < 4.78 is 9.63. The molecule has 0 rings (SSSR count). The topological polar surface area (TPSA) is 71.1 Å². The maximum atomic E-state index is 11.5. The Labute approximate surface area is 120 Å². The molecule has 0 aromatic rings. The highest BCUT2D eigenvalue weighted by atomic mass is 17.2. The van der Waals surface area contributed by atoms with Crippen LogP contribution in [0, 0.1) is 0 Å². The van der Waals surface area contributed by atoms with Crippen LogP contribution in [0.25, 0.3) is 0 Å². The molecule has 0 radical (unpaired) electrons. The predicted octanol–water partition coefficient (Wildman–Crippen LogP) is 2.17. The number of rotatable bonds is 7. The molecule has 0 amide bonds. The molecule has 0 spiro atoms. The average molecular weight is 288 g/mol. The van der Waals surface area contributed by atoms with Gasteiger partial charge in [-0.15, -0.1) is 0 Å². The van der Waals surface area contributed by atoms with Crippen molar-refractivity contribution in [2.24, 2.45) is 0 Å². The highest BCUT2D eigenvalue weighted by Crippen LogP contribution is 2.16. The fraction of sp³-hybridized carbons (Fsp3) is 0.714. The van der Waals surface area contributed by atoms with Gasteiger partial charge in [0.05, 0.1) is 12.2 Å². The van der Waals surface area contributed by atoms with Crippen molar-refractivity contribution >= 4 is 11.9 Å².